The number of aromatic nitrogens is 3. The number of nitrogens with two attached hydrogens (primary N) is 1. The van der Waals surface area contributed by atoms with Gasteiger partial charge in [0.15, 0.2) is 0 Å². The minimum Gasteiger partial charge on any atom is -0.365 e. The molecule has 2 N–H and O–H groups in total. The third kappa shape index (κ3) is 3.52. The number of hydrogen-bond donors (Lipinski definition) is 1. The lowest BCUT2D eigenvalue weighted by atomic mass is 10.0. The first-order valence-electron chi connectivity index (χ1n) is 7.97. The molecule has 27 heavy (non-hydrogen) atoms. The van der Waals surface area contributed by atoms with Crippen LogP contribution in [0.25, 0.3) is 16.0 Å². The Hall–Kier alpha value is -3.24. The zero-order valence-corrected chi connectivity index (χ0v) is 15.4. The molecule has 3 rings (SSSR count). The third-order valence-electron chi connectivity index (χ3n) is 4.23. The molecule has 0 aliphatic heterocycles. The Labute approximate surface area is 160 Å². The molecule has 3 aromatic rings. The molecule has 0 spiro atoms. The summed E-state index contributed by atoms with van der Waals surface area (Å²) in [6.07, 6.45) is 1.35. The topological polar surface area (TPSA) is 78.2 Å². The smallest absolute Gasteiger partial charge is 0.253 e. The fourth-order valence-corrected chi connectivity index (χ4v) is 3.17. The van der Waals surface area contributed by atoms with Gasteiger partial charge in [-0.25, -0.2) is 9.83 Å². The average Bonchev–Trinajstić information content (AvgIpc) is 2.89. The van der Waals surface area contributed by atoms with Gasteiger partial charge in [0.2, 0.25) is 11.6 Å². The van der Waals surface area contributed by atoms with E-state index >= 15 is 0 Å². The average molecular weight is 384 g/mol. The van der Waals surface area contributed by atoms with Crippen LogP contribution in [-0.2, 0) is 6.54 Å². The molecule has 0 bridgehead atoms. The van der Waals surface area contributed by atoms with E-state index in [0.29, 0.717) is 22.8 Å². The number of primary amides is 1. The van der Waals surface area contributed by atoms with Crippen LogP contribution < -0.4 is 5.73 Å². The quantitative estimate of drug-likeness (QED) is 0.545. The predicted octanol–water partition coefficient (Wildman–Crippen LogP) is 4.05. The SMILES string of the molecule is [C-]#[N+]c1ccc(-c2c(C)nn(Cc3cnc(F)c(C(N)=O)c3)c2C)cc1Cl. The van der Waals surface area contributed by atoms with Gasteiger partial charge in [-0.1, -0.05) is 23.7 Å². The number of nitrogens with zero attached hydrogens (tertiary/aromatic N) is 4. The highest BCUT2D eigenvalue weighted by atomic mass is 35.5. The molecule has 6 nitrogen and oxygen atoms in total. The van der Waals surface area contributed by atoms with Crippen LogP contribution in [0.2, 0.25) is 5.02 Å². The van der Waals surface area contributed by atoms with E-state index in [1.165, 1.54) is 12.3 Å². The normalized spacial score (nSPS) is 10.6. The lowest BCUT2D eigenvalue weighted by molar-refractivity contribution is 0.0995. The molecule has 1 aromatic carbocycles. The van der Waals surface area contributed by atoms with Crippen molar-refractivity contribution in [1.82, 2.24) is 14.8 Å². The number of pyridine rings is 1. The summed E-state index contributed by atoms with van der Waals surface area (Å²) in [4.78, 5) is 18.3. The molecule has 0 radical (unpaired) electrons. The Bertz CT molecular complexity index is 1100. The number of aryl methyl sites for hydroxylation is 1. The van der Waals surface area contributed by atoms with E-state index in [2.05, 4.69) is 14.9 Å². The minimum absolute atomic E-state index is 0.254. The maximum atomic E-state index is 13.6. The highest BCUT2D eigenvalue weighted by Crippen LogP contribution is 2.33. The Morgan fingerprint density at radius 2 is 2.11 bits per heavy atom. The third-order valence-corrected chi connectivity index (χ3v) is 4.53. The number of rotatable bonds is 4. The monoisotopic (exact) mass is 383 g/mol. The molecule has 0 fully saturated rings. The molecular weight excluding hydrogens is 369 g/mol. The summed E-state index contributed by atoms with van der Waals surface area (Å²) < 4.78 is 15.3. The lowest BCUT2D eigenvalue weighted by Gasteiger charge is -2.08. The highest BCUT2D eigenvalue weighted by molar-refractivity contribution is 6.33. The van der Waals surface area contributed by atoms with Crippen molar-refractivity contribution >= 4 is 23.2 Å². The lowest BCUT2D eigenvalue weighted by Crippen LogP contribution is -2.15. The summed E-state index contributed by atoms with van der Waals surface area (Å²) in [7, 11) is 0. The molecule has 2 heterocycles. The number of halogens is 2. The number of carbonyl (C=O) groups excluding carboxylic acids is 1. The Kier molecular flexibility index (Phi) is 4.93. The van der Waals surface area contributed by atoms with Crippen LogP contribution >= 0.6 is 11.6 Å². The molecule has 0 saturated heterocycles. The van der Waals surface area contributed by atoms with E-state index in [1.54, 1.807) is 16.8 Å². The molecule has 0 saturated carbocycles. The molecule has 1 amide bonds. The van der Waals surface area contributed by atoms with Crippen LogP contribution in [0.3, 0.4) is 0 Å². The van der Waals surface area contributed by atoms with E-state index in [0.717, 1.165) is 22.5 Å². The van der Waals surface area contributed by atoms with Gasteiger partial charge in [0.1, 0.15) is 0 Å². The Morgan fingerprint density at radius 1 is 1.37 bits per heavy atom. The van der Waals surface area contributed by atoms with Crippen LogP contribution in [0.5, 0.6) is 0 Å². The number of hydrogen-bond acceptors (Lipinski definition) is 3. The Morgan fingerprint density at radius 3 is 2.74 bits per heavy atom. The summed E-state index contributed by atoms with van der Waals surface area (Å²) in [5.41, 5.74) is 9.31. The van der Waals surface area contributed by atoms with Crippen molar-refractivity contribution in [3.8, 4) is 11.1 Å². The van der Waals surface area contributed by atoms with Gasteiger partial charge in [0.25, 0.3) is 5.91 Å². The number of amides is 1. The van der Waals surface area contributed by atoms with Crippen LogP contribution in [0, 0.1) is 26.4 Å². The summed E-state index contributed by atoms with van der Waals surface area (Å²) >= 11 is 6.15. The molecule has 0 aliphatic rings. The first kappa shape index (κ1) is 18.5. The molecule has 2 aromatic heterocycles. The van der Waals surface area contributed by atoms with Gasteiger partial charge < -0.3 is 5.73 Å². The largest absolute Gasteiger partial charge is 0.365 e. The van der Waals surface area contributed by atoms with E-state index in [1.807, 2.05) is 19.9 Å². The van der Waals surface area contributed by atoms with Gasteiger partial charge in [-0.15, -0.1) is 0 Å². The van der Waals surface area contributed by atoms with Gasteiger partial charge in [-0.05, 0) is 37.1 Å². The van der Waals surface area contributed by atoms with Crippen molar-refractivity contribution in [2.24, 2.45) is 5.73 Å². The van der Waals surface area contributed by atoms with Crippen molar-refractivity contribution in [3.63, 3.8) is 0 Å². The maximum absolute atomic E-state index is 13.6. The second kappa shape index (κ2) is 7.17. The second-order valence-corrected chi connectivity index (χ2v) is 6.43. The maximum Gasteiger partial charge on any atom is 0.253 e. The highest BCUT2D eigenvalue weighted by Gasteiger charge is 2.16. The van der Waals surface area contributed by atoms with Crippen molar-refractivity contribution in [2.45, 2.75) is 20.4 Å². The molecule has 136 valence electrons. The van der Waals surface area contributed by atoms with E-state index < -0.39 is 11.9 Å². The summed E-state index contributed by atoms with van der Waals surface area (Å²) in [6.45, 7) is 11.2. The minimum atomic E-state index is -0.894. The van der Waals surface area contributed by atoms with Gasteiger partial charge >= 0.3 is 0 Å². The van der Waals surface area contributed by atoms with Gasteiger partial charge in [-0.2, -0.15) is 9.49 Å². The molecule has 0 atom stereocenters. The van der Waals surface area contributed by atoms with Gasteiger partial charge in [0, 0.05) is 22.5 Å². The molecular formula is C19H15ClFN5O. The predicted molar refractivity (Wildman–Crippen MR) is 100 cm³/mol. The first-order chi connectivity index (χ1) is 12.8. The number of benzene rings is 1. The van der Waals surface area contributed by atoms with Gasteiger partial charge in [0.05, 0.1) is 24.4 Å². The Balaban J connectivity index is 2.00. The van der Waals surface area contributed by atoms with E-state index in [-0.39, 0.29) is 5.56 Å². The number of carbonyl (C=O) groups is 1. The van der Waals surface area contributed by atoms with Crippen molar-refractivity contribution in [2.75, 3.05) is 0 Å². The van der Waals surface area contributed by atoms with E-state index in [9.17, 15) is 9.18 Å². The van der Waals surface area contributed by atoms with Crippen molar-refractivity contribution in [1.29, 1.82) is 0 Å². The van der Waals surface area contributed by atoms with Gasteiger partial charge in [-0.3, -0.25) is 9.48 Å². The first-order valence-corrected chi connectivity index (χ1v) is 8.35. The van der Waals surface area contributed by atoms with Crippen molar-refractivity contribution < 1.29 is 9.18 Å². The second-order valence-electron chi connectivity index (χ2n) is 6.03. The summed E-state index contributed by atoms with van der Waals surface area (Å²) in [5.74, 6) is -1.76. The van der Waals surface area contributed by atoms with Crippen LogP contribution in [-0.4, -0.2) is 20.7 Å². The fourth-order valence-electron chi connectivity index (χ4n) is 2.95. The standard InChI is InChI=1S/C19H15ClFN5O/c1-10-17(13-4-5-16(23-3)15(20)7-13)11(2)26(25-10)9-12-6-14(19(22)27)18(21)24-8-12/h4-8H,9H2,1-2H3,(H2,22,27). The fraction of sp³-hybridized carbons (Fsp3) is 0.158. The van der Waals surface area contributed by atoms with Crippen molar-refractivity contribution in [3.05, 3.63) is 75.4 Å². The van der Waals surface area contributed by atoms with Crippen LogP contribution in [0.1, 0.15) is 27.3 Å². The molecule has 0 aliphatic carbocycles. The van der Waals surface area contributed by atoms with Crippen LogP contribution in [0.4, 0.5) is 10.1 Å². The van der Waals surface area contributed by atoms with E-state index in [4.69, 9.17) is 23.9 Å². The molecule has 8 heteroatoms. The van der Waals surface area contributed by atoms with Crippen LogP contribution in [0.15, 0.2) is 30.5 Å². The summed E-state index contributed by atoms with van der Waals surface area (Å²) in [5, 5.41) is 4.90. The summed E-state index contributed by atoms with van der Waals surface area (Å²) in [6, 6.07) is 6.61. The zero-order chi connectivity index (χ0) is 19.7. The molecule has 0 unspecified atom stereocenters. The zero-order valence-electron chi connectivity index (χ0n) is 14.6.